The van der Waals surface area contributed by atoms with Gasteiger partial charge in [-0.15, -0.1) is 0 Å². The van der Waals surface area contributed by atoms with E-state index in [0.29, 0.717) is 0 Å². The molecule has 100 valence electrons. The largest absolute Gasteiger partial charge is 0.385 e. The number of nitro groups is 1. The Balaban J connectivity index is 3.12. The normalized spacial score (nSPS) is 10.2. The van der Waals surface area contributed by atoms with Crippen LogP contribution in [0, 0.1) is 10.1 Å². The van der Waals surface area contributed by atoms with Crippen LogP contribution in [0.3, 0.4) is 0 Å². The van der Waals surface area contributed by atoms with Gasteiger partial charge in [0.15, 0.2) is 0 Å². The van der Waals surface area contributed by atoms with Crippen LogP contribution in [0.1, 0.15) is 27.2 Å². The lowest BCUT2D eigenvalue weighted by molar-refractivity contribution is -0.384. The molecule has 0 amide bonds. The number of nitrogens with zero attached hydrogens (tertiary/aromatic N) is 2. The topological polar surface area (TPSA) is 58.4 Å². The maximum Gasteiger partial charge on any atom is 0.273 e. The molecule has 0 saturated carbocycles. The van der Waals surface area contributed by atoms with Crippen molar-refractivity contribution in [2.75, 3.05) is 29.9 Å². The van der Waals surface area contributed by atoms with Gasteiger partial charge in [0.05, 0.1) is 4.92 Å². The number of hydrogen-bond acceptors (Lipinski definition) is 4. The number of anilines is 2. The molecule has 0 saturated heterocycles. The van der Waals surface area contributed by atoms with Crippen LogP contribution in [0.2, 0.25) is 0 Å². The van der Waals surface area contributed by atoms with E-state index in [4.69, 9.17) is 0 Å². The lowest BCUT2D eigenvalue weighted by atomic mass is 10.2. The van der Waals surface area contributed by atoms with Crippen LogP contribution in [0.5, 0.6) is 0 Å². The van der Waals surface area contributed by atoms with Crippen LogP contribution in [-0.2, 0) is 0 Å². The summed E-state index contributed by atoms with van der Waals surface area (Å²) in [4.78, 5) is 12.7. The maximum absolute atomic E-state index is 10.9. The number of rotatable bonds is 7. The summed E-state index contributed by atoms with van der Waals surface area (Å²) in [6, 6.07) is 5.18. The summed E-state index contributed by atoms with van der Waals surface area (Å²) >= 11 is 0. The first kappa shape index (κ1) is 14.3. The van der Waals surface area contributed by atoms with Crippen LogP contribution >= 0.6 is 0 Å². The van der Waals surface area contributed by atoms with Gasteiger partial charge in [0.2, 0.25) is 0 Å². The van der Waals surface area contributed by atoms with Crippen molar-refractivity contribution in [3.63, 3.8) is 0 Å². The van der Waals surface area contributed by atoms with Crippen molar-refractivity contribution in [3.8, 4) is 0 Å². The minimum absolute atomic E-state index is 0.137. The molecule has 0 unspecified atom stereocenters. The van der Waals surface area contributed by atoms with E-state index >= 15 is 0 Å². The van der Waals surface area contributed by atoms with Crippen LogP contribution in [0.15, 0.2) is 18.2 Å². The molecule has 1 rings (SSSR count). The summed E-state index contributed by atoms with van der Waals surface area (Å²) in [6.45, 7) is 8.64. The van der Waals surface area contributed by atoms with Gasteiger partial charge in [0, 0.05) is 43.1 Å². The second kappa shape index (κ2) is 6.83. The van der Waals surface area contributed by atoms with Crippen LogP contribution < -0.4 is 10.2 Å². The van der Waals surface area contributed by atoms with Gasteiger partial charge in [0.1, 0.15) is 0 Å². The molecule has 1 aromatic rings. The van der Waals surface area contributed by atoms with Crippen molar-refractivity contribution in [1.82, 2.24) is 0 Å². The molecule has 1 N–H and O–H groups in total. The zero-order valence-corrected chi connectivity index (χ0v) is 11.3. The van der Waals surface area contributed by atoms with Crippen LogP contribution in [0.25, 0.3) is 0 Å². The van der Waals surface area contributed by atoms with E-state index in [1.165, 1.54) is 0 Å². The van der Waals surface area contributed by atoms with Gasteiger partial charge in [-0.3, -0.25) is 10.1 Å². The molecule has 0 bridgehead atoms. The Labute approximate surface area is 108 Å². The molecule has 1 aromatic carbocycles. The average molecular weight is 251 g/mol. The van der Waals surface area contributed by atoms with Crippen molar-refractivity contribution in [1.29, 1.82) is 0 Å². The number of hydrogen-bond donors (Lipinski definition) is 1. The third kappa shape index (κ3) is 3.61. The van der Waals surface area contributed by atoms with E-state index in [0.717, 1.165) is 37.4 Å². The zero-order chi connectivity index (χ0) is 13.5. The molecule has 0 atom stereocenters. The molecule has 0 aliphatic heterocycles. The number of nitrogens with one attached hydrogen (secondary N) is 1. The summed E-state index contributed by atoms with van der Waals surface area (Å²) in [6.07, 6.45) is 1.02. The van der Waals surface area contributed by atoms with Gasteiger partial charge in [-0.1, -0.05) is 6.92 Å². The predicted molar refractivity (Wildman–Crippen MR) is 75.4 cm³/mol. The molecule has 0 spiro atoms. The standard InChI is InChI=1S/C13H21N3O2/c1-4-7-15(6-3)12-8-11(14-5-2)9-13(10-12)16(17)18/h8-10,14H,4-7H2,1-3H3. The van der Waals surface area contributed by atoms with Crippen LogP contribution in [-0.4, -0.2) is 24.6 Å². The molecule has 0 aliphatic rings. The second-order valence-electron chi connectivity index (χ2n) is 4.11. The molecule has 0 radical (unpaired) electrons. The number of benzene rings is 1. The van der Waals surface area contributed by atoms with Gasteiger partial charge in [-0.25, -0.2) is 0 Å². The molecule has 0 fully saturated rings. The van der Waals surface area contributed by atoms with E-state index in [1.54, 1.807) is 12.1 Å². The highest BCUT2D eigenvalue weighted by Gasteiger charge is 2.12. The van der Waals surface area contributed by atoms with Gasteiger partial charge in [-0.2, -0.15) is 0 Å². The third-order valence-electron chi connectivity index (χ3n) is 2.73. The van der Waals surface area contributed by atoms with Crippen LogP contribution in [0.4, 0.5) is 17.1 Å². The van der Waals surface area contributed by atoms with Crippen molar-refractivity contribution in [3.05, 3.63) is 28.3 Å². The number of non-ortho nitro benzene ring substituents is 1. The Morgan fingerprint density at radius 3 is 2.50 bits per heavy atom. The molecule has 0 aromatic heterocycles. The fourth-order valence-corrected chi connectivity index (χ4v) is 1.93. The highest BCUT2D eigenvalue weighted by atomic mass is 16.6. The fraction of sp³-hybridized carbons (Fsp3) is 0.538. The Kier molecular flexibility index (Phi) is 5.42. The maximum atomic E-state index is 10.9. The third-order valence-corrected chi connectivity index (χ3v) is 2.73. The average Bonchev–Trinajstić information content (AvgIpc) is 2.35. The Morgan fingerprint density at radius 2 is 2.00 bits per heavy atom. The molecular formula is C13H21N3O2. The Hall–Kier alpha value is -1.78. The van der Waals surface area contributed by atoms with Crippen molar-refractivity contribution in [2.24, 2.45) is 0 Å². The molecular weight excluding hydrogens is 230 g/mol. The van der Waals surface area contributed by atoms with Gasteiger partial charge in [-0.05, 0) is 26.3 Å². The van der Waals surface area contributed by atoms with Gasteiger partial charge in [0.25, 0.3) is 5.69 Å². The van der Waals surface area contributed by atoms with E-state index in [1.807, 2.05) is 13.0 Å². The monoisotopic (exact) mass is 251 g/mol. The smallest absolute Gasteiger partial charge is 0.273 e. The minimum Gasteiger partial charge on any atom is -0.385 e. The minimum atomic E-state index is -0.343. The molecule has 0 aliphatic carbocycles. The lowest BCUT2D eigenvalue weighted by Crippen LogP contribution is -2.23. The van der Waals surface area contributed by atoms with Gasteiger partial charge >= 0.3 is 0 Å². The zero-order valence-electron chi connectivity index (χ0n) is 11.3. The summed E-state index contributed by atoms with van der Waals surface area (Å²) < 4.78 is 0. The summed E-state index contributed by atoms with van der Waals surface area (Å²) in [5.41, 5.74) is 1.85. The summed E-state index contributed by atoms with van der Waals surface area (Å²) in [5, 5.41) is 14.1. The van der Waals surface area contributed by atoms with E-state index < -0.39 is 0 Å². The highest BCUT2D eigenvalue weighted by Crippen LogP contribution is 2.27. The number of nitro benzene ring substituents is 1. The predicted octanol–water partition coefficient (Wildman–Crippen LogP) is 3.26. The first-order valence-corrected chi connectivity index (χ1v) is 6.40. The SMILES string of the molecule is CCCN(CC)c1cc(NCC)cc([N+](=O)[O-])c1. The highest BCUT2D eigenvalue weighted by molar-refractivity contribution is 5.64. The molecule has 18 heavy (non-hydrogen) atoms. The molecule has 0 heterocycles. The lowest BCUT2D eigenvalue weighted by Gasteiger charge is -2.23. The van der Waals surface area contributed by atoms with E-state index in [-0.39, 0.29) is 10.6 Å². The van der Waals surface area contributed by atoms with Gasteiger partial charge < -0.3 is 10.2 Å². The fourth-order valence-electron chi connectivity index (χ4n) is 1.93. The first-order chi connectivity index (χ1) is 8.62. The van der Waals surface area contributed by atoms with E-state index in [9.17, 15) is 10.1 Å². The Morgan fingerprint density at radius 1 is 1.28 bits per heavy atom. The van der Waals surface area contributed by atoms with E-state index in [2.05, 4.69) is 24.1 Å². The van der Waals surface area contributed by atoms with Crippen molar-refractivity contribution >= 4 is 17.1 Å². The first-order valence-electron chi connectivity index (χ1n) is 6.40. The molecule has 5 heteroatoms. The Bertz CT molecular complexity index is 407. The van der Waals surface area contributed by atoms with Crippen molar-refractivity contribution < 1.29 is 4.92 Å². The van der Waals surface area contributed by atoms with Crippen molar-refractivity contribution in [2.45, 2.75) is 27.2 Å². The molecule has 5 nitrogen and oxygen atoms in total. The second-order valence-corrected chi connectivity index (χ2v) is 4.11. The summed E-state index contributed by atoms with van der Waals surface area (Å²) in [7, 11) is 0. The quantitative estimate of drug-likeness (QED) is 0.597. The summed E-state index contributed by atoms with van der Waals surface area (Å²) in [5.74, 6) is 0.